The first kappa shape index (κ1) is 14.7. The summed E-state index contributed by atoms with van der Waals surface area (Å²) in [7, 11) is 0. The van der Waals surface area contributed by atoms with Gasteiger partial charge in [0.15, 0.2) is 0 Å². The summed E-state index contributed by atoms with van der Waals surface area (Å²) in [5.41, 5.74) is 1.08. The maximum atomic E-state index is 13.2. The molecule has 1 aromatic heterocycles. The lowest BCUT2D eigenvalue weighted by Gasteiger charge is -2.19. The molecule has 0 aliphatic rings. The monoisotopic (exact) mass is 341 g/mol. The molecule has 1 N–H and O–H groups in total. The average Bonchev–Trinajstić information content (AvgIpc) is 2.78. The molecular weight excluding hydrogens is 325 g/mol. The Bertz CT molecular complexity index is 553. The summed E-state index contributed by atoms with van der Waals surface area (Å²) >= 11 is 5.25. The van der Waals surface area contributed by atoms with E-state index in [2.05, 4.69) is 47.2 Å². The minimum absolute atomic E-state index is 0.119. The summed E-state index contributed by atoms with van der Waals surface area (Å²) in [5, 5.41) is 3.53. The van der Waals surface area contributed by atoms with Crippen molar-refractivity contribution in [2.75, 3.05) is 6.54 Å². The molecule has 0 bridgehead atoms. The molecule has 1 aromatic carbocycles. The number of hydrogen-bond donors (Lipinski definition) is 1. The van der Waals surface area contributed by atoms with Gasteiger partial charge in [0.1, 0.15) is 5.82 Å². The van der Waals surface area contributed by atoms with Gasteiger partial charge in [-0.15, -0.1) is 11.3 Å². The Morgan fingerprint density at radius 1 is 1.32 bits per heavy atom. The van der Waals surface area contributed by atoms with Gasteiger partial charge < -0.3 is 5.32 Å². The van der Waals surface area contributed by atoms with Crippen LogP contribution in [-0.2, 0) is 0 Å². The lowest BCUT2D eigenvalue weighted by atomic mass is 10.1. The summed E-state index contributed by atoms with van der Waals surface area (Å²) in [4.78, 5) is 2.55. The quantitative estimate of drug-likeness (QED) is 0.802. The molecule has 1 nitrogen and oxygen atoms in total. The van der Waals surface area contributed by atoms with Crippen LogP contribution in [0.1, 0.15) is 34.7 Å². The molecule has 4 heteroatoms. The van der Waals surface area contributed by atoms with Gasteiger partial charge in [-0.3, -0.25) is 0 Å². The van der Waals surface area contributed by atoms with Crippen LogP contribution in [0.3, 0.4) is 0 Å². The maximum absolute atomic E-state index is 13.2. The van der Waals surface area contributed by atoms with Crippen LogP contribution in [0.4, 0.5) is 4.39 Å². The molecule has 0 saturated heterocycles. The SMILES string of the molecule is CCCNC(c1ccc(C)s1)c1ccc(F)cc1Br. The van der Waals surface area contributed by atoms with Gasteiger partial charge in [-0.05, 0) is 49.7 Å². The van der Waals surface area contributed by atoms with Crippen molar-refractivity contribution < 1.29 is 4.39 Å². The van der Waals surface area contributed by atoms with Crippen LogP contribution < -0.4 is 5.32 Å². The molecule has 1 atom stereocenters. The van der Waals surface area contributed by atoms with E-state index >= 15 is 0 Å². The van der Waals surface area contributed by atoms with Crippen molar-refractivity contribution in [3.05, 3.63) is 55.9 Å². The topological polar surface area (TPSA) is 12.0 Å². The summed E-state index contributed by atoms with van der Waals surface area (Å²) in [6.45, 7) is 5.18. The highest BCUT2D eigenvalue weighted by atomic mass is 79.9. The van der Waals surface area contributed by atoms with Crippen LogP contribution in [-0.4, -0.2) is 6.54 Å². The van der Waals surface area contributed by atoms with Gasteiger partial charge in [0.2, 0.25) is 0 Å². The van der Waals surface area contributed by atoms with Gasteiger partial charge in [0, 0.05) is 14.2 Å². The Morgan fingerprint density at radius 2 is 2.11 bits per heavy atom. The second-order valence-corrected chi connectivity index (χ2v) is 6.68. The molecule has 1 heterocycles. The Labute approximate surface area is 126 Å². The van der Waals surface area contributed by atoms with Gasteiger partial charge in [0.05, 0.1) is 6.04 Å². The number of thiophene rings is 1. The molecule has 0 radical (unpaired) electrons. The Hall–Kier alpha value is -0.710. The van der Waals surface area contributed by atoms with Crippen molar-refractivity contribution in [2.45, 2.75) is 26.3 Å². The number of rotatable bonds is 5. The van der Waals surface area contributed by atoms with Crippen LogP contribution in [0.15, 0.2) is 34.8 Å². The van der Waals surface area contributed by atoms with Crippen LogP contribution in [0, 0.1) is 12.7 Å². The molecule has 0 amide bonds. The zero-order chi connectivity index (χ0) is 13.8. The lowest BCUT2D eigenvalue weighted by Crippen LogP contribution is -2.22. The first-order valence-corrected chi connectivity index (χ1v) is 7.97. The van der Waals surface area contributed by atoms with E-state index in [1.165, 1.54) is 21.9 Å². The van der Waals surface area contributed by atoms with Gasteiger partial charge >= 0.3 is 0 Å². The molecule has 19 heavy (non-hydrogen) atoms. The van der Waals surface area contributed by atoms with E-state index in [9.17, 15) is 4.39 Å². The third kappa shape index (κ3) is 3.65. The molecule has 2 rings (SSSR count). The van der Waals surface area contributed by atoms with Gasteiger partial charge in [-0.1, -0.05) is 28.9 Å². The normalized spacial score (nSPS) is 12.6. The molecule has 0 spiro atoms. The zero-order valence-corrected chi connectivity index (χ0v) is 13.4. The molecule has 0 aliphatic heterocycles. The molecule has 102 valence electrons. The highest BCUT2D eigenvalue weighted by Crippen LogP contribution is 2.32. The van der Waals surface area contributed by atoms with Crippen molar-refractivity contribution in [3.8, 4) is 0 Å². The van der Waals surface area contributed by atoms with Gasteiger partial charge in [-0.2, -0.15) is 0 Å². The van der Waals surface area contributed by atoms with E-state index in [0.717, 1.165) is 23.0 Å². The first-order valence-electron chi connectivity index (χ1n) is 6.36. The van der Waals surface area contributed by atoms with E-state index in [0.29, 0.717) is 0 Å². The van der Waals surface area contributed by atoms with Crippen molar-refractivity contribution in [3.63, 3.8) is 0 Å². The van der Waals surface area contributed by atoms with E-state index in [1.807, 2.05) is 6.07 Å². The third-order valence-corrected chi connectivity index (χ3v) is 4.67. The average molecular weight is 342 g/mol. The predicted octanol–water partition coefficient (Wildman–Crippen LogP) is 5.05. The van der Waals surface area contributed by atoms with Crippen LogP contribution in [0.5, 0.6) is 0 Å². The van der Waals surface area contributed by atoms with Crippen LogP contribution >= 0.6 is 27.3 Å². The smallest absolute Gasteiger partial charge is 0.124 e. The fraction of sp³-hybridized carbons (Fsp3) is 0.333. The van der Waals surface area contributed by atoms with Gasteiger partial charge in [-0.25, -0.2) is 4.39 Å². The minimum Gasteiger partial charge on any atom is -0.306 e. The van der Waals surface area contributed by atoms with E-state index in [-0.39, 0.29) is 11.9 Å². The molecule has 0 fully saturated rings. The van der Waals surface area contributed by atoms with Crippen LogP contribution in [0.25, 0.3) is 0 Å². The zero-order valence-electron chi connectivity index (χ0n) is 11.0. The highest BCUT2D eigenvalue weighted by Gasteiger charge is 2.18. The number of aryl methyl sites for hydroxylation is 1. The summed E-state index contributed by atoms with van der Waals surface area (Å²) < 4.78 is 14.0. The van der Waals surface area contributed by atoms with Crippen molar-refractivity contribution in [1.82, 2.24) is 5.32 Å². The van der Waals surface area contributed by atoms with E-state index in [4.69, 9.17) is 0 Å². The predicted molar refractivity (Wildman–Crippen MR) is 83.3 cm³/mol. The van der Waals surface area contributed by atoms with E-state index < -0.39 is 0 Å². The van der Waals surface area contributed by atoms with Crippen LogP contribution in [0.2, 0.25) is 0 Å². The van der Waals surface area contributed by atoms with E-state index in [1.54, 1.807) is 11.3 Å². The molecule has 2 aromatic rings. The standard InChI is InChI=1S/C15H17BrFNS/c1-3-8-18-15(14-7-4-10(2)19-14)12-6-5-11(17)9-13(12)16/h4-7,9,15,18H,3,8H2,1-2H3. The maximum Gasteiger partial charge on any atom is 0.124 e. The van der Waals surface area contributed by atoms with Crippen molar-refractivity contribution in [1.29, 1.82) is 0 Å². The summed E-state index contributed by atoms with van der Waals surface area (Å²) in [6, 6.07) is 9.27. The number of halogens is 2. The third-order valence-electron chi connectivity index (χ3n) is 2.92. The minimum atomic E-state index is -0.216. The number of nitrogens with one attached hydrogen (secondary N) is 1. The summed E-state index contributed by atoms with van der Waals surface area (Å²) in [5.74, 6) is -0.216. The first-order chi connectivity index (χ1) is 9.11. The molecule has 0 aliphatic carbocycles. The number of benzene rings is 1. The highest BCUT2D eigenvalue weighted by molar-refractivity contribution is 9.10. The second kappa shape index (κ2) is 6.64. The fourth-order valence-corrected chi connectivity index (χ4v) is 3.55. The largest absolute Gasteiger partial charge is 0.306 e. The Balaban J connectivity index is 2.36. The molecular formula is C15H17BrFNS. The van der Waals surface area contributed by atoms with Gasteiger partial charge in [0.25, 0.3) is 0 Å². The number of hydrogen-bond acceptors (Lipinski definition) is 2. The second-order valence-electron chi connectivity index (χ2n) is 4.50. The van der Waals surface area contributed by atoms with Crippen molar-refractivity contribution in [2.24, 2.45) is 0 Å². The molecule has 0 saturated carbocycles. The molecule has 1 unspecified atom stereocenters. The van der Waals surface area contributed by atoms with Crippen molar-refractivity contribution >= 4 is 27.3 Å². The Morgan fingerprint density at radius 3 is 2.68 bits per heavy atom. The fourth-order valence-electron chi connectivity index (χ4n) is 2.00. The summed E-state index contributed by atoms with van der Waals surface area (Å²) in [6.07, 6.45) is 1.07. The lowest BCUT2D eigenvalue weighted by molar-refractivity contribution is 0.596. The Kier molecular flexibility index (Phi) is 5.13.